The summed E-state index contributed by atoms with van der Waals surface area (Å²) >= 11 is 3.31. The number of carbonyl (C=O) groups is 1. The zero-order valence-electron chi connectivity index (χ0n) is 8.98. The normalized spacial score (nSPS) is 9.94. The number of hydrogen-bond donors (Lipinski definition) is 2. The van der Waals surface area contributed by atoms with Crippen LogP contribution in [0.15, 0.2) is 53.0 Å². The van der Waals surface area contributed by atoms with Crippen LogP contribution in [0.1, 0.15) is 10.4 Å². The summed E-state index contributed by atoms with van der Waals surface area (Å²) in [7, 11) is 0. The maximum absolute atomic E-state index is 11.9. The van der Waals surface area contributed by atoms with Gasteiger partial charge < -0.3 is 11.1 Å². The first-order valence-electron chi connectivity index (χ1n) is 5.07. The molecule has 3 N–H and O–H groups in total. The molecule has 0 heterocycles. The molecule has 0 saturated heterocycles. The number of carbonyl (C=O) groups excluding carboxylic acids is 1. The van der Waals surface area contributed by atoms with Gasteiger partial charge in [0.25, 0.3) is 5.91 Å². The Labute approximate surface area is 108 Å². The van der Waals surface area contributed by atoms with Gasteiger partial charge in [-0.05, 0) is 30.3 Å². The van der Waals surface area contributed by atoms with E-state index in [-0.39, 0.29) is 5.91 Å². The average Bonchev–Trinajstić information content (AvgIpc) is 2.29. The molecule has 0 fully saturated rings. The van der Waals surface area contributed by atoms with Crippen molar-refractivity contribution < 1.29 is 4.79 Å². The van der Waals surface area contributed by atoms with Gasteiger partial charge >= 0.3 is 0 Å². The van der Waals surface area contributed by atoms with Gasteiger partial charge in [-0.15, -0.1) is 0 Å². The first-order valence-corrected chi connectivity index (χ1v) is 5.87. The summed E-state index contributed by atoms with van der Waals surface area (Å²) in [5, 5.41) is 2.80. The van der Waals surface area contributed by atoms with Gasteiger partial charge in [-0.2, -0.15) is 0 Å². The highest BCUT2D eigenvalue weighted by atomic mass is 79.9. The minimum absolute atomic E-state index is 0.177. The lowest BCUT2D eigenvalue weighted by Gasteiger charge is -2.06. The van der Waals surface area contributed by atoms with E-state index in [9.17, 15) is 4.79 Å². The smallest absolute Gasteiger partial charge is 0.255 e. The number of halogens is 1. The third kappa shape index (κ3) is 3.07. The minimum Gasteiger partial charge on any atom is -0.399 e. The van der Waals surface area contributed by atoms with Crippen LogP contribution in [-0.4, -0.2) is 5.91 Å². The molecule has 2 aromatic rings. The second kappa shape index (κ2) is 5.01. The van der Waals surface area contributed by atoms with E-state index in [0.717, 1.165) is 10.2 Å². The van der Waals surface area contributed by atoms with E-state index in [1.807, 2.05) is 30.3 Å². The Hall–Kier alpha value is -1.81. The van der Waals surface area contributed by atoms with Crippen LogP contribution in [0.2, 0.25) is 0 Å². The molecule has 0 saturated carbocycles. The molecule has 2 aromatic carbocycles. The monoisotopic (exact) mass is 290 g/mol. The highest BCUT2D eigenvalue weighted by Gasteiger charge is 2.07. The maximum Gasteiger partial charge on any atom is 0.255 e. The average molecular weight is 291 g/mol. The van der Waals surface area contributed by atoms with Gasteiger partial charge in [0.1, 0.15) is 0 Å². The van der Waals surface area contributed by atoms with Crippen molar-refractivity contribution in [3.63, 3.8) is 0 Å². The van der Waals surface area contributed by atoms with Crippen molar-refractivity contribution in [1.82, 2.24) is 0 Å². The predicted octanol–water partition coefficient (Wildman–Crippen LogP) is 3.28. The van der Waals surface area contributed by atoms with Gasteiger partial charge in [0, 0.05) is 21.4 Å². The van der Waals surface area contributed by atoms with Crippen LogP contribution in [0.25, 0.3) is 0 Å². The number of benzene rings is 2. The van der Waals surface area contributed by atoms with Crippen molar-refractivity contribution in [2.24, 2.45) is 0 Å². The van der Waals surface area contributed by atoms with Crippen molar-refractivity contribution in [3.05, 3.63) is 58.6 Å². The summed E-state index contributed by atoms with van der Waals surface area (Å²) in [6.45, 7) is 0. The van der Waals surface area contributed by atoms with Crippen molar-refractivity contribution in [2.45, 2.75) is 0 Å². The number of rotatable bonds is 2. The van der Waals surface area contributed by atoms with Crippen molar-refractivity contribution >= 4 is 33.2 Å². The zero-order valence-corrected chi connectivity index (χ0v) is 10.6. The largest absolute Gasteiger partial charge is 0.399 e. The lowest BCUT2D eigenvalue weighted by molar-refractivity contribution is 0.102. The van der Waals surface area contributed by atoms with Crippen LogP contribution in [0, 0.1) is 0 Å². The van der Waals surface area contributed by atoms with E-state index in [1.54, 1.807) is 18.2 Å². The second-order valence-corrected chi connectivity index (χ2v) is 4.51. The van der Waals surface area contributed by atoms with Gasteiger partial charge in [0.15, 0.2) is 0 Å². The fourth-order valence-electron chi connectivity index (χ4n) is 1.47. The first kappa shape index (κ1) is 11.7. The Kier molecular flexibility index (Phi) is 3.44. The third-order valence-electron chi connectivity index (χ3n) is 2.21. The highest BCUT2D eigenvalue weighted by molar-refractivity contribution is 9.10. The molecular weight excluding hydrogens is 280 g/mol. The quantitative estimate of drug-likeness (QED) is 0.834. The molecule has 2 rings (SSSR count). The molecule has 0 aliphatic heterocycles. The molecule has 4 heteroatoms. The number of hydrogen-bond acceptors (Lipinski definition) is 2. The van der Waals surface area contributed by atoms with Crippen LogP contribution in [-0.2, 0) is 0 Å². The summed E-state index contributed by atoms with van der Waals surface area (Å²) in [6, 6.07) is 14.4. The molecule has 0 radical (unpaired) electrons. The molecule has 3 nitrogen and oxygen atoms in total. The molecule has 0 aliphatic carbocycles. The fraction of sp³-hybridized carbons (Fsp3) is 0. The molecule has 0 aliphatic rings. The lowest BCUT2D eigenvalue weighted by atomic mass is 10.2. The van der Waals surface area contributed by atoms with Gasteiger partial charge in [-0.1, -0.05) is 34.1 Å². The SMILES string of the molecule is Nc1cc(Br)cc(C(=O)Nc2ccccc2)c1. The van der Waals surface area contributed by atoms with Crippen LogP contribution in [0.4, 0.5) is 11.4 Å². The van der Waals surface area contributed by atoms with Crippen LogP contribution >= 0.6 is 15.9 Å². The van der Waals surface area contributed by atoms with Crippen molar-refractivity contribution in [3.8, 4) is 0 Å². The summed E-state index contributed by atoms with van der Waals surface area (Å²) in [5.74, 6) is -0.177. The Morgan fingerprint density at radius 3 is 2.47 bits per heavy atom. The van der Waals surface area contributed by atoms with Gasteiger partial charge in [-0.3, -0.25) is 4.79 Å². The standard InChI is InChI=1S/C13H11BrN2O/c14-10-6-9(7-11(15)8-10)13(17)16-12-4-2-1-3-5-12/h1-8H,15H2,(H,16,17). The van der Waals surface area contributed by atoms with Gasteiger partial charge in [0.2, 0.25) is 0 Å². The number of nitrogens with two attached hydrogens (primary N) is 1. The lowest BCUT2D eigenvalue weighted by Crippen LogP contribution is -2.12. The van der Waals surface area contributed by atoms with E-state index < -0.39 is 0 Å². The summed E-state index contributed by atoms with van der Waals surface area (Å²) < 4.78 is 0.788. The Morgan fingerprint density at radius 2 is 1.82 bits per heavy atom. The molecule has 0 unspecified atom stereocenters. The van der Waals surface area contributed by atoms with E-state index in [1.165, 1.54) is 0 Å². The number of para-hydroxylation sites is 1. The molecule has 1 amide bonds. The van der Waals surface area contributed by atoms with E-state index in [0.29, 0.717) is 11.3 Å². The molecule has 0 aromatic heterocycles. The number of anilines is 2. The number of nitrogens with one attached hydrogen (secondary N) is 1. The topological polar surface area (TPSA) is 55.1 Å². The molecule has 0 atom stereocenters. The fourth-order valence-corrected chi connectivity index (χ4v) is 1.98. The Balaban J connectivity index is 2.20. The van der Waals surface area contributed by atoms with Crippen molar-refractivity contribution in [2.75, 3.05) is 11.1 Å². The highest BCUT2D eigenvalue weighted by Crippen LogP contribution is 2.18. The maximum atomic E-state index is 11.9. The van der Waals surface area contributed by atoms with Crippen LogP contribution in [0.5, 0.6) is 0 Å². The Bertz CT molecular complexity index is 520. The number of nitrogen functional groups attached to an aromatic ring is 1. The molecule has 17 heavy (non-hydrogen) atoms. The van der Waals surface area contributed by atoms with Crippen LogP contribution in [0.3, 0.4) is 0 Å². The van der Waals surface area contributed by atoms with Gasteiger partial charge in [0.05, 0.1) is 0 Å². The van der Waals surface area contributed by atoms with E-state index in [2.05, 4.69) is 21.2 Å². The predicted molar refractivity (Wildman–Crippen MR) is 72.9 cm³/mol. The third-order valence-corrected chi connectivity index (χ3v) is 2.67. The number of amides is 1. The zero-order chi connectivity index (χ0) is 12.3. The minimum atomic E-state index is -0.177. The molecule has 86 valence electrons. The summed E-state index contributed by atoms with van der Waals surface area (Å²) in [4.78, 5) is 11.9. The molecule has 0 bridgehead atoms. The van der Waals surface area contributed by atoms with Crippen LogP contribution < -0.4 is 11.1 Å². The molecule has 0 spiro atoms. The van der Waals surface area contributed by atoms with Gasteiger partial charge in [-0.25, -0.2) is 0 Å². The van der Waals surface area contributed by atoms with E-state index >= 15 is 0 Å². The Morgan fingerprint density at radius 1 is 1.12 bits per heavy atom. The molecular formula is C13H11BrN2O. The van der Waals surface area contributed by atoms with E-state index in [4.69, 9.17) is 5.73 Å². The second-order valence-electron chi connectivity index (χ2n) is 3.59. The first-order chi connectivity index (χ1) is 8.15. The van der Waals surface area contributed by atoms with Crippen molar-refractivity contribution in [1.29, 1.82) is 0 Å². The summed E-state index contributed by atoms with van der Waals surface area (Å²) in [6.07, 6.45) is 0. The summed E-state index contributed by atoms with van der Waals surface area (Å²) in [5.41, 5.74) is 7.52.